The first kappa shape index (κ1) is 28.2. The second-order valence-corrected chi connectivity index (χ2v) is 13.5. The minimum Gasteiger partial charge on any atom is -0.379 e. The van der Waals surface area contributed by atoms with Gasteiger partial charge in [0.1, 0.15) is 0 Å². The van der Waals surface area contributed by atoms with Gasteiger partial charge in [-0.05, 0) is 81.5 Å². The third-order valence-electron chi connectivity index (χ3n) is 7.69. The topological polar surface area (TPSA) is 83.0 Å². The third kappa shape index (κ3) is 6.20. The fourth-order valence-corrected chi connectivity index (χ4v) is 8.27. The monoisotopic (exact) mass is 570 g/mol. The van der Waals surface area contributed by atoms with E-state index in [0.717, 1.165) is 79.9 Å². The number of anilines is 1. The fraction of sp³-hybridized carbons (Fsp3) is 0.517. The highest BCUT2D eigenvalue weighted by Crippen LogP contribution is 2.33. The van der Waals surface area contributed by atoms with Gasteiger partial charge < -0.3 is 4.74 Å². The minimum atomic E-state index is -3.60. The smallest absolute Gasteiger partial charge is 0.260 e. The number of nitrogens with zero attached hydrogens (tertiary/aromatic N) is 4. The highest BCUT2D eigenvalue weighted by molar-refractivity contribution is 7.89. The summed E-state index contributed by atoms with van der Waals surface area (Å²) in [5.74, 6) is -0.166. The quantitative estimate of drug-likeness (QED) is 0.385. The van der Waals surface area contributed by atoms with E-state index in [0.29, 0.717) is 23.8 Å². The number of carbonyl (C=O) groups is 1. The number of carbonyl (C=O) groups excluding carboxylic acids is 1. The highest BCUT2D eigenvalue weighted by Gasteiger charge is 2.31. The Bertz CT molecular complexity index is 1420. The molecular weight excluding hydrogens is 532 g/mol. The molecule has 1 aromatic heterocycles. The van der Waals surface area contributed by atoms with Crippen molar-refractivity contribution in [3.05, 3.63) is 53.1 Å². The van der Waals surface area contributed by atoms with Crippen molar-refractivity contribution in [2.75, 3.05) is 50.8 Å². The Morgan fingerprint density at radius 1 is 1.10 bits per heavy atom. The van der Waals surface area contributed by atoms with Gasteiger partial charge in [0, 0.05) is 44.3 Å². The molecule has 210 valence electrons. The number of rotatable bonds is 8. The molecule has 3 aromatic rings. The van der Waals surface area contributed by atoms with E-state index in [4.69, 9.17) is 9.72 Å². The van der Waals surface area contributed by atoms with Crippen LogP contribution in [-0.4, -0.2) is 80.5 Å². The van der Waals surface area contributed by atoms with E-state index in [1.165, 1.54) is 11.3 Å². The lowest BCUT2D eigenvalue weighted by molar-refractivity contribution is 0.0376. The van der Waals surface area contributed by atoms with Gasteiger partial charge in [-0.2, -0.15) is 4.31 Å². The van der Waals surface area contributed by atoms with E-state index in [9.17, 15) is 13.2 Å². The summed E-state index contributed by atoms with van der Waals surface area (Å²) < 4.78 is 34.7. The highest BCUT2D eigenvalue weighted by atomic mass is 32.2. The molecule has 0 spiro atoms. The van der Waals surface area contributed by atoms with Crippen LogP contribution in [0.1, 0.15) is 54.1 Å². The number of hydrogen-bond acceptors (Lipinski definition) is 7. The maximum atomic E-state index is 13.9. The maximum absolute atomic E-state index is 13.9. The molecule has 10 heteroatoms. The third-order valence-corrected chi connectivity index (χ3v) is 11.0. The van der Waals surface area contributed by atoms with Crippen LogP contribution in [0.5, 0.6) is 0 Å². The first-order valence-corrected chi connectivity index (χ1v) is 16.1. The van der Waals surface area contributed by atoms with E-state index in [-0.39, 0.29) is 16.8 Å². The van der Waals surface area contributed by atoms with Crippen LogP contribution >= 0.6 is 11.3 Å². The van der Waals surface area contributed by atoms with E-state index >= 15 is 0 Å². The average molecular weight is 571 g/mol. The fourth-order valence-electron chi connectivity index (χ4n) is 5.53. The van der Waals surface area contributed by atoms with E-state index in [1.807, 2.05) is 6.92 Å². The van der Waals surface area contributed by atoms with Gasteiger partial charge in [-0.15, -0.1) is 0 Å². The number of morpholine rings is 1. The first-order chi connectivity index (χ1) is 18.7. The number of hydrogen-bond donors (Lipinski definition) is 0. The zero-order chi connectivity index (χ0) is 27.6. The number of aromatic nitrogens is 1. The second kappa shape index (κ2) is 12.0. The summed E-state index contributed by atoms with van der Waals surface area (Å²) in [6.45, 7) is 11.3. The molecule has 2 aliphatic rings. The first-order valence-electron chi connectivity index (χ1n) is 13.9. The van der Waals surface area contributed by atoms with Crippen molar-refractivity contribution in [1.82, 2.24) is 14.2 Å². The molecule has 1 unspecified atom stereocenters. The Balaban J connectivity index is 1.39. The van der Waals surface area contributed by atoms with Crippen LogP contribution in [0.4, 0.5) is 5.13 Å². The summed E-state index contributed by atoms with van der Waals surface area (Å²) in [6, 6.07) is 10.6. The van der Waals surface area contributed by atoms with Gasteiger partial charge in [0.2, 0.25) is 10.0 Å². The number of piperidine rings is 1. The number of amides is 1. The van der Waals surface area contributed by atoms with Crippen LogP contribution < -0.4 is 4.90 Å². The van der Waals surface area contributed by atoms with Gasteiger partial charge in [-0.1, -0.05) is 23.8 Å². The molecule has 2 aromatic carbocycles. The lowest BCUT2D eigenvalue weighted by atomic mass is 10.1. The van der Waals surface area contributed by atoms with E-state index in [1.54, 1.807) is 33.5 Å². The molecule has 2 saturated heterocycles. The van der Waals surface area contributed by atoms with Gasteiger partial charge in [0.25, 0.3) is 5.91 Å². The largest absolute Gasteiger partial charge is 0.379 e. The predicted octanol–water partition coefficient (Wildman–Crippen LogP) is 4.85. The Labute approximate surface area is 235 Å². The summed E-state index contributed by atoms with van der Waals surface area (Å²) in [7, 11) is -3.60. The van der Waals surface area contributed by atoms with Crippen molar-refractivity contribution in [3.63, 3.8) is 0 Å². The van der Waals surface area contributed by atoms with Crippen LogP contribution in [0, 0.1) is 13.8 Å². The van der Waals surface area contributed by atoms with Crippen molar-refractivity contribution >= 4 is 42.6 Å². The molecule has 0 N–H and O–H groups in total. The molecule has 1 atom stereocenters. The molecule has 3 heterocycles. The molecule has 2 fully saturated rings. The molecule has 0 bridgehead atoms. The number of ether oxygens (including phenoxy) is 1. The Hall–Kier alpha value is -2.37. The lowest BCUT2D eigenvalue weighted by Gasteiger charge is -2.32. The molecule has 0 radical (unpaired) electrons. The van der Waals surface area contributed by atoms with Gasteiger partial charge >= 0.3 is 0 Å². The van der Waals surface area contributed by atoms with Crippen LogP contribution in [0.2, 0.25) is 0 Å². The number of fused-ring (bicyclic) bond motifs is 1. The zero-order valence-electron chi connectivity index (χ0n) is 23.1. The number of thiazole rings is 1. The van der Waals surface area contributed by atoms with Crippen molar-refractivity contribution in [2.45, 2.75) is 57.4 Å². The van der Waals surface area contributed by atoms with Crippen LogP contribution in [0.25, 0.3) is 10.2 Å². The Kier molecular flexibility index (Phi) is 8.68. The van der Waals surface area contributed by atoms with Gasteiger partial charge in [0.05, 0.1) is 28.3 Å². The van der Waals surface area contributed by atoms with Gasteiger partial charge in [0.15, 0.2) is 5.13 Å². The number of aryl methyl sites for hydroxylation is 2. The van der Waals surface area contributed by atoms with Crippen LogP contribution in [0.3, 0.4) is 0 Å². The van der Waals surface area contributed by atoms with E-state index < -0.39 is 10.0 Å². The summed E-state index contributed by atoms with van der Waals surface area (Å²) in [4.78, 5) is 23.1. The lowest BCUT2D eigenvalue weighted by Crippen LogP contribution is -2.41. The Morgan fingerprint density at radius 2 is 1.85 bits per heavy atom. The second-order valence-electron chi connectivity index (χ2n) is 10.7. The van der Waals surface area contributed by atoms with Crippen molar-refractivity contribution in [2.24, 2.45) is 0 Å². The number of sulfonamides is 1. The molecular formula is C29H38N4O4S2. The average Bonchev–Trinajstić information content (AvgIpc) is 3.35. The molecule has 0 saturated carbocycles. The molecule has 8 nitrogen and oxygen atoms in total. The molecule has 1 amide bonds. The molecule has 5 rings (SSSR count). The minimum absolute atomic E-state index is 0.0156. The number of benzene rings is 2. The predicted molar refractivity (Wildman–Crippen MR) is 156 cm³/mol. The summed E-state index contributed by atoms with van der Waals surface area (Å²) >= 11 is 1.53. The van der Waals surface area contributed by atoms with Crippen molar-refractivity contribution in [1.29, 1.82) is 0 Å². The maximum Gasteiger partial charge on any atom is 0.260 e. The summed E-state index contributed by atoms with van der Waals surface area (Å²) in [6.07, 6.45) is 3.60. The summed E-state index contributed by atoms with van der Waals surface area (Å²) in [5, 5.41) is 0.671. The molecule has 2 aliphatic heterocycles. The molecule has 39 heavy (non-hydrogen) atoms. The standard InChI is InChI=1S/C29H38N4O4S2/c1-21-19-22(2)27-26(20-21)30-29(38-27)32(13-6-12-31-15-17-37-18-16-31)28(34)24-8-10-25(11-9-24)39(35,36)33-14-5-4-7-23(33)3/h8-11,19-20,23H,4-7,12-18H2,1-3H3. The SMILES string of the molecule is Cc1cc(C)c2sc(N(CCCN3CCOCC3)C(=O)c3ccc(S(=O)(=O)N4CCCCC4C)cc3)nc2c1. The summed E-state index contributed by atoms with van der Waals surface area (Å²) in [5.41, 5.74) is 3.65. The van der Waals surface area contributed by atoms with Crippen LogP contribution in [0.15, 0.2) is 41.3 Å². The van der Waals surface area contributed by atoms with Crippen LogP contribution in [-0.2, 0) is 14.8 Å². The zero-order valence-corrected chi connectivity index (χ0v) is 24.7. The van der Waals surface area contributed by atoms with Crippen molar-refractivity contribution < 1.29 is 17.9 Å². The normalized spacial score (nSPS) is 19.4. The van der Waals surface area contributed by atoms with E-state index in [2.05, 4.69) is 30.9 Å². The van der Waals surface area contributed by atoms with Crippen molar-refractivity contribution in [3.8, 4) is 0 Å². The van der Waals surface area contributed by atoms with Gasteiger partial charge in [-0.25, -0.2) is 13.4 Å². The Morgan fingerprint density at radius 3 is 2.56 bits per heavy atom. The molecule has 0 aliphatic carbocycles. The van der Waals surface area contributed by atoms with Gasteiger partial charge in [-0.3, -0.25) is 14.6 Å².